The van der Waals surface area contributed by atoms with E-state index in [0.29, 0.717) is 5.56 Å². The van der Waals surface area contributed by atoms with Gasteiger partial charge in [-0.05, 0) is 36.6 Å². The van der Waals surface area contributed by atoms with E-state index in [0.717, 1.165) is 11.1 Å². The molecule has 0 saturated heterocycles. The third-order valence-corrected chi connectivity index (χ3v) is 2.74. The van der Waals surface area contributed by atoms with Gasteiger partial charge in [0.15, 0.2) is 0 Å². The van der Waals surface area contributed by atoms with E-state index in [1.807, 2.05) is 6.92 Å². The van der Waals surface area contributed by atoms with Crippen LogP contribution in [0.25, 0.3) is 0 Å². The highest BCUT2D eigenvalue weighted by molar-refractivity contribution is 6.31. The van der Waals surface area contributed by atoms with Crippen LogP contribution in [0, 0.1) is 19.7 Å². The van der Waals surface area contributed by atoms with Gasteiger partial charge in [-0.2, -0.15) is 0 Å². The third kappa shape index (κ3) is 1.90. The molecule has 0 aliphatic carbocycles. The maximum Gasteiger partial charge on any atom is 0.142 e. The van der Waals surface area contributed by atoms with E-state index in [-0.39, 0.29) is 11.6 Å². The van der Waals surface area contributed by atoms with Crippen molar-refractivity contribution in [1.82, 2.24) is 0 Å². The standard InChI is InChI=1S/C10H13ClFNO/c1-5-3-7(12)10(11)9(6(5)2)8(13)4-14/h3,8,14H,4,13H2,1-2H3. The van der Waals surface area contributed by atoms with E-state index < -0.39 is 11.9 Å². The lowest BCUT2D eigenvalue weighted by Gasteiger charge is -2.16. The molecule has 1 unspecified atom stereocenters. The number of rotatable bonds is 2. The number of hydrogen-bond acceptors (Lipinski definition) is 2. The van der Waals surface area contributed by atoms with Crippen molar-refractivity contribution in [2.75, 3.05) is 6.61 Å². The highest BCUT2D eigenvalue weighted by Gasteiger charge is 2.17. The van der Waals surface area contributed by atoms with E-state index in [2.05, 4.69) is 0 Å². The number of aryl methyl sites for hydroxylation is 1. The smallest absolute Gasteiger partial charge is 0.142 e. The SMILES string of the molecule is Cc1cc(F)c(Cl)c(C(N)CO)c1C. The van der Waals surface area contributed by atoms with E-state index in [9.17, 15) is 4.39 Å². The molecule has 14 heavy (non-hydrogen) atoms. The molecule has 0 radical (unpaired) electrons. The third-order valence-electron chi connectivity index (χ3n) is 2.35. The molecule has 1 aromatic carbocycles. The van der Waals surface area contributed by atoms with Crippen molar-refractivity contribution in [3.05, 3.63) is 33.6 Å². The molecule has 0 heterocycles. The molecule has 0 fully saturated rings. The Morgan fingerprint density at radius 3 is 2.64 bits per heavy atom. The van der Waals surface area contributed by atoms with Crippen molar-refractivity contribution in [3.63, 3.8) is 0 Å². The zero-order valence-corrected chi connectivity index (χ0v) is 8.90. The first-order valence-electron chi connectivity index (χ1n) is 4.30. The molecule has 0 aliphatic heterocycles. The molecular formula is C10H13ClFNO. The molecule has 3 N–H and O–H groups in total. The van der Waals surface area contributed by atoms with Crippen LogP contribution >= 0.6 is 11.6 Å². The second kappa shape index (κ2) is 4.26. The molecule has 0 saturated carbocycles. The fourth-order valence-electron chi connectivity index (χ4n) is 1.40. The van der Waals surface area contributed by atoms with Gasteiger partial charge in [0.05, 0.1) is 17.7 Å². The molecule has 0 spiro atoms. The highest BCUT2D eigenvalue weighted by atomic mass is 35.5. The molecular weight excluding hydrogens is 205 g/mol. The van der Waals surface area contributed by atoms with Crippen LogP contribution in [0.4, 0.5) is 4.39 Å². The van der Waals surface area contributed by atoms with Gasteiger partial charge in [-0.25, -0.2) is 4.39 Å². The molecule has 78 valence electrons. The summed E-state index contributed by atoms with van der Waals surface area (Å²) in [6.45, 7) is 3.34. The first-order valence-corrected chi connectivity index (χ1v) is 4.68. The first-order chi connectivity index (χ1) is 6.49. The van der Waals surface area contributed by atoms with Gasteiger partial charge in [0.25, 0.3) is 0 Å². The van der Waals surface area contributed by atoms with Crippen LogP contribution in [0.5, 0.6) is 0 Å². The first kappa shape index (κ1) is 11.4. The normalized spacial score (nSPS) is 13.0. The van der Waals surface area contributed by atoms with Crippen LogP contribution in [-0.2, 0) is 0 Å². The minimum atomic E-state index is -0.628. The lowest BCUT2D eigenvalue weighted by molar-refractivity contribution is 0.267. The number of aliphatic hydroxyl groups excluding tert-OH is 1. The Morgan fingerprint density at radius 2 is 2.14 bits per heavy atom. The van der Waals surface area contributed by atoms with E-state index >= 15 is 0 Å². The summed E-state index contributed by atoms with van der Waals surface area (Å²) in [7, 11) is 0. The molecule has 1 rings (SSSR count). The summed E-state index contributed by atoms with van der Waals surface area (Å²) in [5, 5.41) is 8.92. The molecule has 4 heteroatoms. The average molecular weight is 218 g/mol. The Balaban J connectivity index is 3.39. The van der Waals surface area contributed by atoms with Crippen LogP contribution in [0.1, 0.15) is 22.7 Å². The van der Waals surface area contributed by atoms with Crippen LogP contribution in [-0.4, -0.2) is 11.7 Å². The maximum absolute atomic E-state index is 13.2. The molecule has 0 amide bonds. The van der Waals surface area contributed by atoms with Crippen LogP contribution < -0.4 is 5.73 Å². The Kier molecular flexibility index (Phi) is 3.48. The average Bonchev–Trinajstić information content (AvgIpc) is 2.15. The molecule has 0 aliphatic rings. The fraction of sp³-hybridized carbons (Fsp3) is 0.400. The minimum absolute atomic E-state index is 0.00894. The number of halogens is 2. The molecule has 0 aromatic heterocycles. The van der Waals surface area contributed by atoms with E-state index in [1.54, 1.807) is 6.92 Å². The molecule has 1 atom stereocenters. The van der Waals surface area contributed by atoms with Crippen LogP contribution in [0.3, 0.4) is 0 Å². The number of nitrogens with two attached hydrogens (primary N) is 1. The van der Waals surface area contributed by atoms with Crippen molar-refractivity contribution in [3.8, 4) is 0 Å². The Hall–Kier alpha value is -0.640. The van der Waals surface area contributed by atoms with Crippen molar-refractivity contribution in [2.24, 2.45) is 5.73 Å². The van der Waals surface area contributed by atoms with E-state index in [4.69, 9.17) is 22.4 Å². The molecule has 2 nitrogen and oxygen atoms in total. The second-order valence-electron chi connectivity index (χ2n) is 3.32. The predicted octanol–water partition coefficient (Wildman–Crippen LogP) is 2.09. The summed E-state index contributed by atoms with van der Waals surface area (Å²) in [4.78, 5) is 0. The van der Waals surface area contributed by atoms with Gasteiger partial charge in [0, 0.05) is 0 Å². The minimum Gasteiger partial charge on any atom is -0.394 e. The number of benzene rings is 1. The van der Waals surface area contributed by atoms with Crippen LogP contribution in [0.15, 0.2) is 6.07 Å². The number of hydrogen-bond donors (Lipinski definition) is 2. The van der Waals surface area contributed by atoms with Gasteiger partial charge >= 0.3 is 0 Å². The predicted molar refractivity (Wildman–Crippen MR) is 54.9 cm³/mol. The molecule has 1 aromatic rings. The van der Waals surface area contributed by atoms with Gasteiger partial charge < -0.3 is 10.8 Å². The summed E-state index contributed by atoms with van der Waals surface area (Å²) in [5.41, 5.74) is 7.74. The van der Waals surface area contributed by atoms with Crippen molar-refractivity contribution >= 4 is 11.6 Å². The van der Waals surface area contributed by atoms with Crippen LogP contribution in [0.2, 0.25) is 5.02 Å². The Morgan fingerprint density at radius 1 is 1.57 bits per heavy atom. The zero-order valence-electron chi connectivity index (χ0n) is 8.14. The van der Waals surface area contributed by atoms with Gasteiger partial charge in [0.1, 0.15) is 5.82 Å². The lowest BCUT2D eigenvalue weighted by Crippen LogP contribution is -2.17. The monoisotopic (exact) mass is 217 g/mol. The summed E-state index contributed by atoms with van der Waals surface area (Å²) < 4.78 is 13.2. The molecule has 0 bridgehead atoms. The second-order valence-corrected chi connectivity index (χ2v) is 3.69. The van der Waals surface area contributed by atoms with Gasteiger partial charge in [-0.1, -0.05) is 11.6 Å². The summed E-state index contributed by atoms with van der Waals surface area (Å²) in [6.07, 6.45) is 0. The van der Waals surface area contributed by atoms with Crippen molar-refractivity contribution < 1.29 is 9.50 Å². The van der Waals surface area contributed by atoms with Crippen molar-refractivity contribution in [2.45, 2.75) is 19.9 Å². The largest absolute Gasteiger partial charge is 0.394 e. The zero-order chi connectivity index (χ0) is 10.9. The summed E-state index contributed by atoms with van der Waals surface area (Å²) in [5.74, 6) is -0.492. The lowest BCUT2D eigenvalue weighted by atomic mass is 9.98. The highest BCUT2D eigenvalue weighted by Crippen LogP contribution is 2.29. The topological polar surface area (TPSA) is 46.2 Å². The Labute approximate surface area is 87.5 Å². The van der Waals surface area contributed by atoms with Gasteiger partial charge in [-0.3, -0.25) is 0 Å². The van der Waals surface area contributed by atoms with Crippen molar-refractivity contribution in [1.29, 1.82) is 0 Å². The number of aliphatic hydroxyl groups is 1. The quantitative estimate of drug-likeness (QED) is 0.797. The maximum atomic E-state index is 13.2. The summed E-state index contributed by atoms with van der Waals surface area (Å²) in [6, 6.07) is 0.738. The van der Waals surface area contributed by atoms with Gasteiger partial charge in [0.2, 0.25) is 0 Å². The Bertz CT molecular complexity index is 328. The van der Waals surface area contributed by atoms with E-state index in [1.165, 1.54) is 6.07 Å². The fourth-order valence-corrected chi connectivity index (χ4v) is 1.74. The van der Waals surface area contributed by atoms with Gasteiger partial charge in [-0.15, -0.1) is 0 Å². The summed E-state index contributed by atoms with van der Waals surface area (Å²) >= 11 is 5.78.